The zero-order valence-corrected chi connectivity index (χ0v) is 31.1. The number of rotatable bonds is 22. The largest absolute Gasteiger partial charge is 0.433 e. The fourth-order valence-corrected chi connectivity index (χ4v) is 6.75. The van der Waals surface area contributed by atoms with Crippen LogP contribution in [0.3, 0.4) is 0 Å². The van der Waals surface area contributed by atoms with Gasteiger partial charge in [-0.1, -0.05) is 64.1 Å². The molecule has 0 aromatic heterocycles. The molecule has 0 saturated carbocycles. The van der Waals surface area contributed by atoms with Crippen LogP contribution in [0.15, 0.2) is 60.7 Å². The summed E-state index contributed by atoms with van der Waals surface area (Å²) in [4.78, 5) is 0. The molecule has 4 aliphatic heterocycles. The topological polar surface area (TPSA) is 124 Å². The molecule has 286 valence electrons. The lowest BCUT2D eigenvalue weighted by atomic mass is 9.72. The molecule has 8 rings (SSSR count). The predicted molar refractivity (Wildman–Crippen MR) is 190 cm³/mol. The second kappa shape index (κ2) is 14.6. The molecule has 0 radical (unpaired) electrons. The number of hydrogen-bond acceptors (Lipinski definition) is 12. The van der Waals surface area contributed by atoms with E-state index in [1.807, 2.05) is 52.0 Å². The van der Waals surface area contributed by atoms with Gasteiger partial charge in [0.15, 0.2) is 23.0 Å². The molecule has 0 N–H and O–H groups in total. The van der Waals surface area contributed by atoms with E-state index in [1.165, 1.54) is 11.1 Å². The summed E-state index contributed by atoms with van der Waals surface area (Å²) in [7, 11) is 0. The van der Waals surface area contributed by atoms with Crippen LogP contribution in [-0.4, -0.2) is 76.7 Å². The van der Waals surface area contributed by atoms with E-state index >= 15 is 0 Å². The molecule has 4 atom stereocenters. The highest BCUT2D eigenvalue weighted by Gasteiger charge is 2.55. The Hall–Kier alpha value is -3.46. The van der Waals surface area contributed by atoms with Crippen LogP contribution in [0, 0.1) is 0 Å². The first-order chi connectivity index (χ1) is 25.8. The Morgan fingerprint density at radius 1 is 0.453 bits per heavy atom. The summed E-state index contributed by atoms with van der Waals surface area (Å²) in [6, 6.07) is 20.6. The van der Waals surface area contributed by atoms with E-state index < -0.39 is 29.3 Å². The Balaban J connectivity index is 1.20. The van der Waals surface area contributed by atoms with Crippen molar-refractivity contribution in [3.63, 3.8) is 0 Å². The van der Waals surface area contributed by atoms with Gasteiger partial charge in [-0.15, -0.1) is 0 Å². The second-order valence-electron chi connectivity index (χ2n) is 14.2. The van der Waals surface area contributed by atoms with Gasteiger partial charge in [-0.05, 0) is 85.0 Å². The van der Waals surface area contributed by atoms with E-state index in [-0.39, 0.29) is 0 Å². The van der Waals surface area contributed by atoms with Gasteiger partial charge in [0.1, 0.15) is 26.4 Å². The first kappa shape index (κ1) is 36.5. The van der Waals surface area contributed by atoms with E-state index in [1.54, 1.807) is 0 Å². The van der Waals surface area contributed by atoms with Crippen molar-refractivity contribution in [1.29, 1.82) is 0 Å². The highest BCUT2D eigenvalue weighted by molar-refractivity contribution is 5.57. The molecule has 53 heavy (non-hydrogen) atoms. The summed E-state index contributed by atoms with van der Waals surface area (Å²) in [6.07, 6.45) is 4.75. The number of fused-ring (bicyclic) bond motifs is 1. The van der Waals surface area contributed by atoms with Gasteiger partial charge in [-0.3, -0.25) is 0 Å². The Bertz CT molecular complexity index is 1620. The van der Waals surface area contributed by atoms with Crippen LogP contribution in [0.25, 0.3) is 0 Å². The third-order valence-corrected chi connectivity index (χ3v) is 9.78. The van der Waals surface area contributed by atoms with Crippen molar-refractivity contribution < 1.29 is 56.8 Å². The first-order valence-corrected chi connectivity index (χ1v) is 19.0. The summed E-state index contributed by atoms with van der Waals surface area (Å²) >= 11 is 0. The lowest BCUT2D eigenvalue weighted by Crippen LogP contribution is -2.31. The Morgan fingerprint density at radius 3 is 1.08 bits per heavy atom. The van der Waals surface area contributed by atoms with Crippen LogP contribution in [-0.2, 0) is 56.2 Å². The molecule has 0 spiro atoms. The van der Waals surface area contributed by atoms with Gasteiger partial charge in [-0.25, -0.2) is 0 Å². The van der Waals surface area contributed by atoms with Crippen molar-refractivity contribution in [3.8, 4) is 23.0 Å². The standard InChI is InChI=1S/C41H50O12/c1-5-17-42-38(25-46-38)50-33-15-13-31(21-35(33)52-40(27-48-40)44-19-7-3)37(23-29-11-9-10-12-30(29)24-37)32-14-16-34(51-39(26-47-39)43-18-6-2)36(22-32)53-41(28-49-41)45-20-8-4/h9-16,21-22H,5-8,17-20,23-28H2,1-4H3. The van der Waals surface area contributed by atoms with Gasteiger partial charge < -0.3 is 56.8 Å². The zero-order chi connectivity index (χ0) is 36.6. The second-order valence-corrected chi connectivity index (χ2v) is 14.2. The maximum absolute atomic E-state index is 6.54. The van der Waals surface area contributed by atoms with E-state index in [9.17, 15) is 0 Å². The molecule has 1 aliphatic carbocycles. The fraction of sp³-hybridized carbons (Fsp3) is 0.561. The van der Waals surface area contributed by atoms with Crippen molar-refractivity contribution in [2.45, 2.75) is 95.5 Å². The molecule has 4 heterocycles. The highest BCUT2D eigenvalue weighted by Crippen LogP contribution is 2.51. The smallest absolute Gasteiger partial charge is 0.352 e. The molecular formula is C41H50O12. The quantitative estimate of drug-likeness (QED) is 0.0804. The van der Waals surface area contributed by atoms with Gasteiger partial charge in [-0.2, -0.15) is 0 Å². The number of ether oxygens (including phenoxy) is 12. The summed E-state index contributed by atoms with van der Waals surface area (Å²) in [5, 5.41) is 0. The summed E-state index contributed by atoms with van der Waals surface area (Å²) in [5.74, 6) is -2.78. The third kappa shape index (κ3) is 7.88. The van der Waals surface area contributed by atoms with Crippen LogP contribution < -0.4 is 18.9 Å². The van der Waals surface area contributed by atoms with E-state index in [0.717, 1.165) is 49.7 Å². The molecule has 0 amide bonds. The number of hydrogen-bond donors (Lipinski definition) is 0. The third-order valence-electron chi connectivity index (χ3n) is 9.78. The van der Waals surface area contributed by atoms with Crippen molar-refractivity contribution in [3.05, 3.63) is 82.9 Å². The van der Waals surface area contributed by atoms with Crippen molar-refractivity contribution in [2.75, 3.05) is 52.9 Å². The summed E-state index contributed by atoms with van der Waals surface area (Å²) in [6.45, 7) is 11.4. The molecule has 4 unspecified atom stereocenters. The molecular weight excluding hydrogens is 684 g/mol. The molecule has 12 heteroatoms. The van der Waals surface area contributed by atoms with Crippen LogP contribution >= 0.6 is 0 Å². The molecule has 5 aliphatic rings. The van der Waals surface area contributed by atoms with E-state index in [4.69, 9.17) is 56.8 Å². The maximum Gasteiger partial charge on any atom is 0.352 e. The molecule has 4 fully saturated rings. The lowest BCUT2D eigenvalue weighted by Gasteiger charge is -2.33. The lowest BCUT2D eigenvalue weighted by molar-refractivity contribution is -0.186. The van der Waals surface area contributed by atoms with Gasteiger partial charge in [0.05, 0.1) is 26.4 Å². The monoisotopic (exact) mass is 734 g/mol. The predicted octanol–water partition coefficient (Wildman–Crippen LogP) is 6.73. The molecule has 12 nitrogen and oxygen atoms in total. The normalized spacial score (nSPS) is 28.6. The van der Waals surface area contributed by atoms with Gasteiger partial charge in [0.25, 0.3) is 0 Å². The van der Waals surface area contributed by atoms with Crippen molar-refractivity contribution >= 4 is 0 Å². The zero-order valence-electron chi connectivity index (χ0n) is 31.1. The van der Waals surface area contributed by atoms with Gasteiger partial charge in [0, 0.05) is 5.41 Å². The maximum atomic E-state index is 6.54. The van der Waals surface area contributed by atoms with Crippen molar-refractivity contribution in [1.82, 2.24) is 0 Å². The molecule has 3 aromatic carbocycles. The van der Waals surface area contributed by atoms with E-state index in [2.05, 4.69) is 36.4 Å². The molecule has 3 aromatic rings. The molecule has 4 saturated heterocycles. The summed E-state index contributed by atoms with van der Waals surface area (Å²) < 4.78 is 72.6. The number of epoxide rings is 4. The minimum absolute atomic E-state index is 0.306. The van der Waals surface area contributed by atoms with Gasteiger partial charge >= 0.3 is 23.9 Å². The Morgan fingerprint density at radius 2 is 0.774 bits per heavy atom. The summed E-state index contributed by atoms with van der Waals surface area (Å²) in [5.41, 5.74) is 4.00. The fourth-order valence-electron chi connectivity index (χ4n) is 6.75. The van der Waals surface area contributed by atoms with Crippen LogP contribution in [0.1, 0.15) is 75.6 Å². The minimum Gasteiger partial charge on any atom is -0.433 e. The highest BCUT2D eigenvalue weighted by atomic mass is 17.0. The van der Waals surface area contributed by atoms with Crippen LogP contribution in [0.2, 0.25) is 0 Å². The van der Waals surface area contributed by atoms with Crippen LogP contribution in [0.5, 0.6) is 23.0 Å². The number of benzene rings is 3. The average molecular weight is 735 g/mol. The first-order valence-electron chi connectivity index (χ1n) is 19.0. The van der Waals surface area contributed by atoms with Crippen molar-refractivity contribution in [2.24, 2.45) is 0 Å². The Labute approximate surface area is 310 Å². The minimum atomic E-state index is -1.18. The van der Waals surface area contributed by atoms with E-state index in [0.29, 0.717) is 75.9 Å². The SMILES string of the molecule is CCCOC1(Oc2ccc(C3(c4ccc(OC5(OCCC)CO5)c(OC5(OCCC)CO5)c4)Cc4ccccc4C3)cc2OC2(OCCC)CO2)CO1. The van der Waals surface area contributed by atoms with Crippen LogP contribution in [0.4, 0.5) is 0 Å². The average Bonchev–Trinajstić information content (AvgIpc) is 4.01. The Kier molecular flexibility index (Phi) is 10.1. The van der Waals surface area contributed by atoms with Gasteiger partial charge in [0.2, 0.25) is 0 Å². The molecule has 0 bridgehead atoms.